The molecule has 0 bridgehead atoms. The molecule has 1 aromatic heterocycles. The van der Waals surface area contributed by atoms with Crippen LogP contribution in [0.25, 0.3) is 0 Å². The number of aromatic nitrogens is 2. The number of para-hydroxylation sites is 1. The average molecular weight is 323 g/mol. The first-order chi connectivity index (χ1) is 9.00. The number of ether oxygens (including phenoxy) is 1. The molecular weight excluding hydrogens is 308 g/mol. The quantitative estimate of drug-likeness (QED) is 0.811. The molecule has 1 heterocycles. The standard InChI is InChI=1S/C14H15BrN2O2/c1-9-14(15)12(17(3)16-9)8-19-13-7-5-4-6-11(13)10(2)18/h4-7H,8H2,1-3H3. The van der Waals surface area contributed by atoms with Gasteiger partial charge in [0.1, 0.15) is 12.4 Å². The summed E-state index contributed by atoms with van der Waals surface area (Å²) in [5, 5.41) is 4.30. The largest absolute Gasteiger partial charge is 0.487 e. The zero-order valence-corrected chi connectivity index (χ0v) is 12.7. The minimum absolute atomic E-state index is 0.00384. The summed E-state index contributed by atoms with van der Waals surface area (Å²) in [5.41, 5.74) is 2.45. The van der Waals surface area contributed by atoms with Gasteiger partial charge in [0.2, 0.25) is 0 Å². The predicted octanol–water partition coefficient (Wildman–Crippen LogP) is 3.27. The van der Waals surface area contributed by atoms with Crippen LogP contribution in [0, 0.1) is 6.92 Å². The highest BCUT2D eigenvalue weighted by Gasteiger charge is 2.13. The van der Waals surface area contributed by atoms with Crippen molar-refractivity contribution in [2.45, 2.75) is 20.5 Å². The van der Waals surface area contributed by atoms with Gasteiger partial charge < -0.3 is 4.74 Å². The highest BCUT2D eigenvalue weighted by atomic mass is 79.9. The maximum absolute atomic E-state index is 11.5. The van der Waals surface area contributed by atoms with Crippen LogP contribution in [0.4, 0.5) is 0 Å². The van der Waals surface area contributed by atoms with Gasteiger partial charge in [0.25, 0.3) is 0 Å². The number of halogens is 1. The fraction of sp³-hybridized carbons (Fsp3) is 0.286. The average Bonchev–Trinajstić information content (AvgIpc) is 2.61. The van der Waals surface area contributed by atoms with E-state index in [2.05, 4.69) is 21.0 Å². The summed E-state index contributed by atoms with van der Waals surface area (Å²) >= 11 is 3.49. The van der Waals surface area contributed by atoms with Gasteiger partial charge >= 0.3 is 0 Å². The molecule has 4 nitrogen and oxygen atoms in total. The molecule has 2 aromatic rings. The van der Waals surface area contributed by atoms with E-state index in [9.17, 15) is 4.79 Å². The SMILES string of the molecule is CC(=O)c1ccccc1OCc1c(Br)c(C)nn1C. The Balaban J connectivity index is 2.22. The van der Waals surface area contributed by atoms with Crippen LogP contribution in [0.1, 0.15) is 28.7 Å². The normalized spacial score (nSPS) is 10.5. The zero-order chi connectivity index (χ0) is 14.0. The minimum atomic E-state index is -0.00384. The second-order valence-electron chi connectivity index (χ2n) is 4.31. The van der Waals surface area contributed by atoms with Gasteiger partial charge in [0.15, 0.2) is 5.78 Å². The molecule has 0 unspecified atom stereocenters. The number of rotatable bonds is 4. The molecule has 0 aliphatic carbocycles. The van der Waals surface area contributed by atoms with Crippen molar-refractivity contribution in [1.29, 1.82) is 0 Å². The molecular formula is C14H15BrN2O2. The lowest BCUT2D eigenvalue weighted by Gasteiger charge is -2.10. The van der Waals surface area contributed by atoms with Crippen LogP contribution >= 0.6 is 15.9 Å². The monoisotopic (exact) mass is 322 g/mol. The van der Waals surface area contributed by atoms with Crippen molar-refractivity contribution in [1.82, 2.24) is 9.78 Å². The molecule has 0 amide bonds. The topological polar surface area (TPSA) is 44.1 Å². The Hall–Kier alpha value is -1.62. The number of carbonyl (C=O) groups is 1. The summed E-state index contributed by atoms with van der Waals surface area (Å²) in [7, 11) is 1.87. The van der Waals surface area contributed by atoms with Crippen LogP contribution in [-0.4, -0.2) is 15.6 Å². The Bertz CT molecular complexity index is 620. The fourth-order valence-corrected chi connectivity index (χ4v) is 2.32. The van der Waals surface area contributed by atoms with Crippen molar-refractivity contribution in [3.05, 3.63) is 45.7 Å². The van der Waals surface area contributed by atoms with Gasteiger partial charge in [-0.3, -0.25) is 9.48 Å². The summed E-state index contributed by atoms with van der Waals surface area (Å²) in [6, 6.07) is 7.24. The number of hydrogen-bond acceptors (Lipinski definition) is 3. The van der Waals surface area contributed by atoms with E-state index in [1.165, 1.54) is 6.92 Å². The molecule has 19 heavy (non-hydrogen) atoms. The highest BCUT2D eigenvalue weighted by Crippen LogP contribution is 2.24. The van der Waals surface area contributed by atoms with E-state index in [0.29, 0.717) is 17.9 Å². The van der Waals surface area contributed by atoms with E-state index in [-0.39, 0.29) is 5.78 Å². The van der Waals surface area contributed by atoms with Gasteiger partial charge in [-0.1, -0.05) is 12.1 Å². The van der Waals surface area contributed by atoms with Crippen LogP contribution in [-0.2, 0) is 13.7 Å². The van der Waals surface area contributed by atoms with Crippen molar-refractivity contribution in [2.75, 3.05) is 0 Å². The Labute approximate surface area is 120 Å². The molecule has 0 saturated carbocycles. The predicted molar refractivity (Wildman–Crippen MR) is 76.4 cm³/mol. The van der Waals surface area contributed by atoms with E-state index >= 15 is 0 Å². The molecule has 0 aliphatic rings. The first kappa shape index (κ1) is 13.8. The number of Topliss-reactive ketones (excluding diaryl/α,β-unsaturated/α-hetero) is 1. The van der Waals surface area contributed by atoms with Crippen molar-refractivity contribution in [3.8, 4) is 5.75 Å². The van der Waals surface area contributed by atoms with Gasteiger partial charge in [-0.05, 0) is 41.9 Å². The second-order valence-corrected chi connectivity index (χ2v) is 5.10. The molecule has 0 radical (unpaired) electrons. The van der Waals surface area contributed by atoms with Gasteiger partial charge in [-0.2, -0.15) is 5.10 Å². The maximum atomic E-state index is 11.5. The second kappa shape index (κ2) is 5.57. The summed E-state index contributed by atoms with van der Waals surface area (Å²) in [5.74, 6) is 0.594. The lowest BCUT2D eigenvalue weighted by molar-refractivity contribution is 0.101. The van der Waals surface area contributed by atoms with Gasteiger partial charge in [0.05, 0.1) is 21.4 Å². The Morgan fingerprint density at radius 3 is 2.68 bits per heavy atom. The summed E-state index contributed by atoms with van der Waals surface area (Å²) in [6.07, 6.45) is 0. The van der Waals surface area contributed by atoms with Crippen LogP contribution in [0.5, 0.6) is 5.75 Å². The van der Waals surface area contributed by atoms with Crippen LogP contribution < -0.4 is 4.74 Å². The molecule has 0 N–H and O–H groups in total. The number of ketones is 1. The molecule has 2 rings (SSSR count). The summed E-state index contributed by atoms with van der Waals surface area (Å²) in [6.45, 7) is 3.83. The Kier molecular flexibility index (Phi) is 4.04. The molecule has 1 aromatic carbocycles. The molecule has 0 aliphatic heterocycles. The molecule has 0 spiro atoms. The van der Waals surface area contributed by atoms with Gasteiger partial charge in [-0.25, -0.2) is 0 Å². The van der Waals surface area contributed by atoms with Crippen LogP contribution in [0.2, 0.25) is 0 Å². The summed E-state index contributed by atoms with van der Waals surface area (Å²) in [4.78, 5) is 11.5. The smallest absolute Gasteiger partial charge is 0.163 e. The van der Waals surface area contributed by atoms with Crippen molar-refractivity contribution >= 4 is 21.7 Å². The van der Waals surface area contributed by atoms with Crippen LogP contribution in [0.15, 0.2) is 28.7 Å². The minimum Gasteiger partial charge on any atom is -0.487 e. The molecule has 5 heteroatoms. The third kappa shape index (κ3) is 2.87. The van der Waals surface area contributed by atoms with Gasteiger partial charge in [-0.15, -0.1) is 0 Å². The summed E-state index contributed by atoms with van der Waals surface area (Å²) < 4.78 is 8.46. The Morgan fingerprint density at radius 2 is 2.11 bits per heavy atom. The van der Waals surface area contributed by atoms with Crippen molar-refractivity contribution < 1.29 is 9.53 Å². The lowest BCUT2D eigenvalue weighted by Crippen LogP contribution is -2.06. The molecule has 0 saturated heterocycles. The van der Waals surface area contributed by atoms with Gasteiger partial charge in [0, 0.05) is 7.05 Å². The third-order valence-electron chi connectivity index (χ3n) is 2.89. The van der Waals surface area contributed by atoms with E-state index < -0.39 is 0 Å². The number of nitrogens with zero attached hydrogens (tertiary/aromatic N) is 2. The lowest BCUT2D eigenvalue weighted by atomic mass is 10.1. The number of carbonyl (C=O) groups excluding carboxylic acids is 1. The van der Waals surface area contributed by atoms with E-state index in [1.54, 1.807) is 16.8 Å². The first-order valence-corrected chi connectivity index (χ1v) is 6.70. The number of benzene rings is 1. The molecule has 100 valence electrons. The van der Waals surface area contributed by atoms with Crippen molar-refractivity contribution in [2.24, 2.45) is 7.05 Å². The zero-order valence-electron chi connectivity index (χ0n) is 11.1. The fourth-order valence-electron chi connectivity index (χ4n) is 1.87. The number of hydrogen-bond donors (Lipinski definition) is 0. The Morgan fingerprint density at radius 1 is 1.42 bits per heavy atom. The van der Waals surface area contributed by atoms with E-state index in [1.807, 2.05) is 26.1 Å². The number of aryl methyl sites for hydroxylation is 2. The molecule has 0 fully saturated rings. The van der Waals surface area contributed by atoms with Crippen molar-refractivity contribution in [3.63, 3.8) is 0 Å². The van der Waals surface area contributed by atoms with Crippen LogP contribution in [0.3, 0.4) is 0 Å². The maximum Gasteiger partial charge on any atom is 0.163 e. The first-order valence-electron chi connectivity index (χ1n) is 5.91. The molecule has 0 atom stereocenters. The highest BCUT2D eigenvalue weighted by molar-refractivity contribution is 9.10. The third-order valence-corrected chi connectivity index (χ3v) is 3.92. The van der Waals surface area contributed by atoms with E-state index in [0.717, 1.165) is 15.9 Å². The van der Waals surface area contributed by atoms with E-state index in [4.69, 9.17) is 4.74 Å².